The Balaban J connectivity index is 1.73. The molecule has 0 aliphatic heterocycles. The van der Waals surface area contributed by atoms with Gasteiger partial charge >= 0.3 is 0 Å². The fraction of sp³-hybridized carbons (Fsp3) is 0.278. The van der Waals surface area contributed by atoms with Crippen molar-refractivity contribution in [2.75, 3.05) is 12.3 Å². The van der Waals surface area contributed by atoms with Crippen LogP contribution in [-0.4, -0.2) is 18.2 Å². The molecular formula is C18H19Cl2NOS. The van der Waals surface area contributed by atoms with Gasteiger partial charge in [-0.3, -0.25) is 4.79 Å². The smallest absolute Gasteiger partial charge is 0.230 e. The molecule has 0 saturated heterocycles. The minimum atomic E-state index is 0.0287. The topological polar surface area (TPSA) is 29.1 Å². The van der Waals surface area contributed by atoms with Crippen LogP contribution in [0.1, 0.15) is 24.0 Å². The van der Waals surface area contributed by atoms with Crippen LogP contribution < -0.4 is 5.32 Å². The standard InChI is InChI=1S/C18H19Cl2NOS/c1-13(14-6-3-2-4-7-14)10-21-18(22)12-23-11-15-16(19)8-5-9-17(15)20/h2-9,13H,10-12H2,1H3,(H,21,22)/t13-/m0/s1. The van der Waals surface area contributed by atoms with Crippen LogP contribution in [0.25, 0.3) is 0 Å². The Morgan fingerprint density at radius 1 is 1.09 bits per heavy atom. The molecule has 0 aliphatic rings. The molecule has 122 valence electrons. The molecule has 2 nitrogen and oxygen atoms in total. The summed E-state index contributed by atoms with van der Waals surface area (Å²) in [6.45, 7) is 2.74. The molecule has 1 amide bonds. The average molecular weight is 368 g/mol. The van der Waals surface area contributed by atoms with E-state index >= 15 is 0 Å². The molecule has 2 rings (SSSR count). The molecule has 1 N–H and O–H groups in total. The number of carbonyl (C=O) groups is 1. The second-order valence-electron chi connectivity index (χ2n) is 5.31. The molecule has 0 bridgehead atoms. The molecule has 23 heavy (non-hydrogen) atoms. The van der Waals surface area contributed by atoms with E-state index in [0.717, 1.165) is 5.56 Å². The first-order valence-corrected chi connectivity index (χ1v) is 9.31. The zero-order chi connectivity index (χ0) is 16.7. The predicted octanol–water partition coefficient (Wildman–Crippen LogP) is 5.15. The van der Waals surface area contributed by atoms with E-state index in [9.17, 15) is 4.79 Å². The number of carbonyl (C=O) groups excluding carboxylic acids is 1. The molecule has 0 saturated carbocycles. The minimum absolute atomic E-state index is 0.0287. The Kier molecular flexibility index (Phi) is 7.28. The zero-order valence-electron chi connectivity index (χ0n) is 12.9. The first-order chi connectivity index (χ1) is 11.1. The van der Waals surface area contributed by atoms with Crippen molar-refractivity contribution in [3.63, 3.8) is 0 Å². The summed E-state index contributed by atoms with van der Waals surface area (Å²) in [7, 11) is 0. The molecule has 0 radical (unpaired) electrons. The Morgan fingerprint density at radius 2 is 1.74 bits per heavy atom. The molecule has 2 aromatic carbocycles. The van der Waals surface area contributed by atoms with Gasteiger partial charge in [-0.15, -0.1) is 11.8 Å². The first kappa shape index (κ1) is 18.2. The maximum Gasteiger partial charge on any atom is 0.230 e. The highest BCUT2D eigenvalue weighted by Crippen LogP contribution is 2.28. The molecule has 1 atom stereocenters. The number of hydrogen-bond acceptors (Lipinski definition) is 2. The van der Waals surface area contributed by atoms with Crippen LogP contribution in [0.4, 0.5) is 0 Å². The van der Waals surface area contributed by atoms with E-state index in [1.807, 2.05) is 36.4 Å². The van der Waals surface area contributed by atoms with Crippen LogP contribution in [-0.2, 0) is 10.5 Å². The summed E-state index contributed by atoms with van der Waals surface area (Å²) in [6, 6.07) is 15.6. The van der Waals surface area contributed by atoms with E-state index in [4.69, 9.17) is 23.2 Å². The zero-order valence-corrected chi connectivity index (χ0v) is 15.2. The highest BCUT2D eigenvalue weighted by molar-refractivity contribution is 7.99. The molecule has 0 unspecified atom stereocenters. The summed E-state index contributed by atoms with van der Waals surface area (Å²) in [4.78, 5) is 11.9. The molecule has 5 heteroatoms. The Hall–Kier alpha value is -1.16. The van der Waals surface area contributed by atoms with Crippen LogP contribution >= 0.6 is 35.0 Å². The Labute approximate surface area is 151 Å². The molecule has 2 aromatic rings. The van der Waals surface area contributed by atoms with Crippen molar-refractivity contribution in [3.8, 4) is 0 Å². The number of thioether (sulfide) groups is 1. The lowest BCUT2D eigenvalue weighted by atomic mass is 10.0. The van der Waals surface area contributed by atoms with E-state index in [0.29, 0.717) is 34.0 Å². The maximum absolute atomic E-state index is 11.9. The highest BCUT2D eigenvalue weighted by atomic mass is 35.5. The van der Waals surface area contributed by atoms with Crippen LogP contribution in [0.5, 0.6) is 0 Å². The number of benzene rings is 2. The molecule has 0 aliphatic carbocycles. The van der Waals surface area contributed by atoms with Crippen LogP contribution in [0.3, 0.4) is 0 Å². The summed E-state index contributed by atoms with van der Waals surface area (Å²) >= 11 is 13.7. The van der Waals surface area contributed by atoms with E-state index < -0.39 is 0 Å². The van der Waals surface area contributed by atoms with Gasteiger partial charge < -0.3 is 5.32 Å². The second-order valence-corrected chi connectivity index (χ2v) is 7.11. The SMILES string of the molecule is C[C@@H](CNC(=O)CSCc1c(Cl)cccc1Cl)c1ccccc1. The maximum atomic E-state index is 11.9. The third-order valence-corrected chi connectivity index (χ3v) is 5.18. The van der Waals surface area contributed by atoms with Crippen molar-refractivity contribution >= 4 is 40.9 Å². The van der Waals surface area contributed by atoms with Gasteiger partial charge in [0.2, 0.25) is 5.91 Å². The van der Waals surface area contributed by atoms with Gasteiger partial charge in [0.25, 0.3) is 0 Å². The fourth-order valence-electron chi connectivity index (χ4n) is 2.13. The average Bonchev–Trinajstić information content (AvgIpc) is 2.56. The molecule has 0 heterocycles. The number of rotatable bonds is 7. The lowest BCUT2D eigenvalue weighted by molar-refractivity contribution is -0.118. The Bertz CT molecular complexity index is 628. The third-order valence-electron chi connectivity index (χ3n) is 3.52. The number of hydrogen-bond donors (Lipinski definition) is 1. The summed E-state index contributed by atoms with van der Waals surface area (Å²) in [6.07, 6.45) is 0. The highest BCUT2D eigenvalue weighted by Gasteiger charge is 2.09. The van der Waals surface area contributed by atoms with Gasteiger partial charge in [0.05, 0.1) is 5.75 Å². The summed E-state index contributed by atoms with van der Waals surface area (Å²) < 4.78 is 0. The molecule has 0 fully saturated rings. The fourth-order valence-corrected chi connectivity index (χ4v) is 3.73. The van der Waals surface area contributed by atoms with Crippen molar-refractivity contribution in [3.05, 3.63) is 69.7 Å². The van der Waals surface area contributed by atoms with Gasteiger partial charge in [-0.2, -0.15) is 0 Å². The number of halogens is 2. The van der Waals surface area contributed by atoms with Gasteiger partial charge in [0, 0.05) is 22.3 Å². The van der Waals surface area contributed by atoms with Crippen molar-refractivity contribution in [1.29, 1.82) is 0 Å². The molecule has 0 aromatic heterocycles. The van der Waals surface area contributed by atoms with Crippen LogP contribution in [0.15, 0.2) is 48.5 Å². The lowest BCUT2D eigenvalue weighted by Gasteiger charge is -2.13. The Morgan fingerprint density at radius 3 is 2.39 bits per heavy atom. The quantitative estimate of drug-likeness (QED) is 0.733. The van der Waals surface area contributed by atoms with E-state index in [1.165, 1.54) is 17.3 Å². The number of amides is 1. The second kappa shape index (κ2) is 9.21. The monoisotopic (exact) mass is 367 g/mol. The van der Waals surface area contributed by atoms with Crippen LogP contribution in [0, 0.1) is 0 Å². The molecular weight excluding hydrogens is 349 g/mol. The summed E-state index contributed by atoms with van der Waals surface area (Å²) in [5.74, 6) is 1.34. The van der Waals surface area contributed by atoms with Gasteiger partial charge in [0.1, 0.15) is 0 Å². The number of nitrogens with one attached hydrogen (secondary N) is 1. The summed E-state index contributed by atoms with van der Waals surface area (Å²) in [5.41, 5.74) is 2.11. The predicted molar refractivity (Wildman–Crippen MR) is 100 cm³/mol. The lowest BCUT2D eigenvalue weighted by Crippen LogP contribution is -2.29. The van der Waals surface area contributed by atoms with Gasteiger partial charge in [-0.05, 0) is 29.2 Å². The van der Waals surface area contributed by atoms with Crippen LogP contribution in [0.2, 0.25) is 10.0 Å². The molecule has 0 spiro atoms. The summed E-state index contributed by atoms with van der Waals surface area (Å²) in [5, 5.41) is 4.25. The van der Waals surface area contributed by atoms with Crippen molar-refractivity contribution in [2.45, 2.75) is 18.6 Å². The first-order valence-electron chi connectivity index (χ1n) is 7.40. The van der Waals surface area contributed by atoms with Gasteiger partial charge in [0.15, 0.2) is 0 Å². The van der Waals surface area contributed by atoms with E-state index in [2.05, 4.69) is 24.4 Å². The van der Waals surface area contributed by atoms with E-state index in [-0.39, 0.29) is 5.91 Å². The van der Waals surface area contributed by atoms with Crippen molar-refractivity contribution in [1.82, 2.24) is 5.32 Å². The van der Waals surface area contributed by atoms with Gasteiger partial charge in [-0.1, -0.05) is 66.5 Å². The van der Waals surface area contributed by atoms with Gasteiger partial charge in [-0.25, -0.2) is 0 Å². The largest absolute Gasteiger partial charge is 0.355 e. The van der Waals surface area contributed by atoms with Crippen molar-refractivity contribution < 1.29 is 4.79 Å². The normalized spacial score (nSPS) is 12.0. The third kappa shape index (κ3) is 5.76. The minimum Gasteiger partial charge on any atom is -0.355 e. The van der Waals surface area contributed by atoms with Crippen molar-refractivity contribution in [2.24, 2.45) is 0 Å². The van der Waals surface area contributed by atoms with E-state index in [1.54, 1.807) is 0 Å².